The van der Waals surface area contributed by atoms with Gasteiger partial charge in [-0.25, -0.2) is 4.39 Å². The van der Waals surface area contributed by atoms with Crippen LogP contribution in [0.2, 0.25) is 0 Å². The Bertz CT molecular complexity index is 1020. The number of nitrogens with zero attached hydrogens (tertiary/aromatic N) is 1. The largest absolute Gasteiger partial charge is 0.352 e. The number of nitrogens with one attached hydrogen (secondary N) is 1. The van der Waals surface area contributed by atoms with Crippen LogP contribution in [0.15, 0.2) is 84.9 Å². The molecule has 33 heavy (non-hydrogen) atoms. The van der Waals surface area contributed by atoms with Crippen molar-refractivity contribution in [2.75, 3.05) is 0 Å². The van der Waals surface area contributed by atoms with E-state index in [1.54, 1.807) is 17.0 Å². The van der Waals surface area contributed by atoms with Crippen LogP contribution in [0, 0.1) is 5.82 Å². The summed E-state index contributed by atoms with van der Waals surface area (Å²) in [5.41, 5.74) is 2.63. The molecule has 2 atom stereocenters. The summed E-state index contributed by atoms with van der Waals surface area (Å²) in [5, 5.41) is 3.06. The van der Waals surface area contributed by atoms with Crippen molar-refractivity contribution in [3.8, 4) is 0 Å². The molecule has 0 fully saturated rings. The molecule has 0 aromatic heterocycles. The zero-order valence-electron chi connectivity index (χ0n) is 19.2. The van der Waals surface area contributed by atoms with Crippen molar-refractivity contribution in [1.82, 2.24) is 10.2 Å². The van der Waals surface area contributed by atoms with Gasteiger partial charge in [0.15, 0.2) is 0 Å². The van der Waals surface area contributed by atoms with Crippen molar-refractivity contribution in [2.45, 2.75) is 51.7 Å². The Labute approximate surface area is 195 Å². The minimum atomic E-state index is -0.672. The number of benzene rings is 3. The zero-order chi connectivity index (χ0) is 23.6. The first kappa shape index (κ1) is 24.2. The van der Waals surface area contributed by atoms with Gasteiger partial charge in [0.25, 0.3) is 0 Å². The van der Waals surface area contributed by atoms with E-state index in [0.717, 1.165) is 17.5 Å². The van der Waals surface area contributed by atoms with Crippen LogP contribution >= 0.6 is 0 Å². The fraction of sp³-hybridized carbons (Fsp3) is 0.286. The van der Waals surface area contributed by atoms with Crippen LogP contribution in [0.25, 0.3) is 0 Å². The summed E-state index contributed by atoms with van der Waals surface area (Å²) in [5.74, 6) is -0.690. The molecule has 4 nitrogen and oxygen atoms in total. The lowest BCUT2D eigenvalue weighted by atomic mass is 10.0. The molecule has 0 bridgehead atoms. The smallest absolute Gasteiger partial charge is 0.243 e. The molecule has 172 valence electrons. The number of hydrogen-bond acceptors (Lipinski definition) is 2. The quantitative estimate of drug-likeness (QED) is 0.480. The van der Waals surface area contributed by atoms with E-state index in [1.807, 2.05) is 74.5 Å². The van der Waals surface area contributed by atoms with Crippen LogP contribution in [-0.4, -0.2) is 28.8 Å². The van der Waals surface area contributed by atoms with E-state index in [0.29, 0.717) is 18.5 Å². The summed E-state index contributed by atoms with van der Waals surface area (Å²) in [7, 11) is 0. The summed E-state index contributed by atoms with van der Waals surface area (Å²) >= 11 is 0. The second-order valence-corrected chi connectivity index (χ2v) is 8.33. The van der Waals surface area contributed by atoms with Crippen molar-refractivity contribution >= 4 is 11.8 Å². The number of hydrogen-bond donors (Lipinski definition) is 1. The highest BCUT2D eigenvalue weighted by atomic mass is 19.1. The molecule has 0 spiro atoms. The van der Waals surface area contributed by atoms with E-state index in [-0.39, 0.29) is 30.1 Å². The molecule has 0 aliphatic carbocycles. The lowest BCUT2D eigenvalue weighted by Crippen LogP contribution is -2.52. The standard InChI is InChI=1S/C28H31FN2O2/c1-3-21(2)30-28(33)26(18-22-10-6-4-7-11-22)31(20-24-12-8-5-9-13-24)27(32)19-23-14-16-25(29)17-15-23/h4-17,21,26H,3,18-20H2,1-2H3,(H,30,33)/t21-,26-/m0/s1. The maximum absolute atomic E-state index is 13.5. The van der Waals surface area contributed by atoms with E-state index in [9.17, 15) is 14.0 Å². The van der Waals surface area contributed by atoms with Gasteiger partial charge in [0, 0.05) is 19.0 Å². The average Bonchev–Trinajstić information content (AvgIpc) is 2.83. The van der Waals surface area contributed by atoms with Gasteiger partial charge < -0.3 is 10.2 Å². The highest BCUT2D eigenvalue weighted by molar-refractivity contribution is 5.89. The molecule has 0 saturated carbocycles. The Kier molecular flexibility index (Phi) is 8.76. The van der Waals surface area contributed by atoms with E-state index < -0.39 is 6.04 Å². The Morgan fingerprint density at radius 2 is 1.42 bits per heavy atom. The molecule has 3 rings (SSSR count). The minimum absolute atomic E-state index is 0.00143. The zero-order valence-corrected chi connectivity index (χ0v) is 19.2. The first-order chi connectivity index (χ1) is 16.0. The molecule has 3 aromatic carbocycles. The Balaban J connectivity index is 1.94. The number of carbonyl (C=O) groups is 2. The van der Waals surface area contributed by atoms with Crippen molar-refractivity contribution < 1.29 is 14.0 Å². The topological polar surface area (TPSA) is 49.4 Å². The number of amides is 2. The third-order valence-electron chi connectivity index (χ3n) is 5.74. The Hall–Kier alpha value is -3.47. The molecule has 0 saturated heterocycles. The molecule has 3 aromatic rings. The maximum Gasteiger partial charge on any atom is 0.243 e. The van der Waals surface area contributed by atoms with Crippen molar-refractivity contribution in [3.05, 3.63) is 107 Å². The molecule has 0 heterocycles. The Morgan fingerprint density at radius 1 is 0.848 bits per heavy atom. The van der Waals surface area contributed by atoms with E-state index >= 15 is 0 Å². The Morgan fingerprint density at radius 3 is 2.00 bits per heavy atom. The van der Waals surface area contributed by atoms with Crippen LogP contribution in [0.1, 0.15) is 37.0 Å². The fourth-order valence-electron chi connectivity index (χ4n) is 3.65. The highest BCUT2D eigenvalue weighted by Gasteiger charge is 2.30. The second-order valence-electron chi connectivity index (χ2n) is 8.33. The predicted molar refractivity (Wildman–Crippen MR) is 129 cm³/mol. The van der Waals surface area contributed by atoms with Crippen LogP contribution in [0.3, 0.4) is 0 Å². The third kappa shape index (κ3) is 7.28. The van der Waals surface area contributed by atoms with E-state index in [2.05, 4.69) is 5.32 Å². The monoisotopic (exact) mass is 446 g/mol. The van der Waals surface area contributed by atoms with Gasteiger partial charge in [0.05, 0.1) is 6.42 Å². The van der Waals surface area contributed by atoms with Gasteiger partial charge >= 0.3 is 0 Å². The SMILES string of the molecule is CC[C@H](C)NC(=O)[C@H](Cc1ccccc1)N(Cc1ccccc1)C(=O)Cc1ccc(F)cc1. The number of carbonyl (C=O) groups excluding carboxylic acids is 2. The van der Waals surface area contributed by atoms with Gasteiger partial charge in [-0.2, -0.15) is 0 Å². The van der Waals surface area contributed by atoms with Gasteiger partial charge in [0.2, 0.25) is 11.8 Å². The third-order valence-corrected chi connectivity index (χ3v) is 5.74. The fourth-order valence-corrected chi connectivity index (χ4v) is 3.65. The van der Waals surface area contributed by atoms with Crippen LogP contribution in [0.4, 0.5) is 4.39 Å². The first-order valence-electron chi connectivity index (χ1n) is 11.4. The van der Waals surface area contributed by atoms with Crippen LogP contribution in [0.5, 0.6) is 0 Å². The first-order valence-corrected chi connectivity index (χ1v) is 11.4. The highest BCUT2D eigenvalue weighted by Crippen LogP contribution is 2.17. The summed E-state index contributed by atoms with van der Waals surface area (Å²) in [6.07, 6.45) is 1.30. The summed E-state index contributed by atoms with van der Waals surface area (Å²) in [6.45, 7) is 4.28. The normalized spacial score (nSPS) is 12.6. The summed E-state index contributed by atoms with van der Waals surface area (Å²) in [6, 6.07) is 24.6. The molecular formula is C28H31FN2O2. The lowest BCUT2D eigenvalue weighted by Gasteiger charge is -2.32. The summed E-state index contributed by atoms with van der Waals surface area (Å²) in [4.78, 5) is 28.6. The minimum Gasteiger partial charge on any atom is -0.352 e. The maximum atomic E-state index is 13.5. The predicted octanol–water partition coefficient (Wildman–Crippen LogP) is 4.92. The van der Waals surface area contributed by atoms with Gasteiger partial charge in [0.1, 0.15) is 11.9 Å². The van der Waals surface area contributed by atoms with E-state index in [1.165, 1.54) is 12.1 Å². The molecule has 2 amide bonds. The molecule has 0 aliphatic rings. The molecule has 0 radical (unpaired) electrons. The molecule has 0 aliphatic heterocycles. The second kappa shape index (κ2) is 12.0. The van der Waals surface area contributed by atoms with Crippen LogP contribution < -0.4 is 5.32 Å². The van der Waals surface area contributed by atoms with Gasteiger partial charge in [-0.15, -0.1) is 0 Å². The number of halogens is 1. The van der Waals surface area contributed by atoms with Crippen molar-refractivity contribution in [2.24, 2.45) is 0 Å². The van der Waals surface area contributed by atoms with Crippen LogP contribution in [-0.2, 0) is 29.0 Å². The van der Waals surface area contributed by atoms with Crippen molar-refractivity contribution in [1.29, 1.82) is 0 Å². The molecular weight excluding hydrogens is 415 g/mol. The van der Waals surface area contributed by atoms with Crippen molar-refractivity contribution in [3.63, 3.8) is 0 Å². The van der Waals surface area contributed by atoms with Gasteiger partial charge in [-0.1, -0.05) is 79.7 Å². The molecule has 5 heteroatoms. The average molecular weight is 447 g/mol. The number of rotatable bonds is 10. The summed E-state index contributed by atoms with van der Waals surface area (Å²) < 4.78 is 13.4. The van der Waals surface area contributed by atoms with Gasteiger partial charge in [-0.3, -0.25) is 9.59 Å². The van der Waals surface area contributed by atoms with E-state index in [4.69, 9.17) is 0 Å². The van der Waals surface area contributed by atoms with Gasteiger partial charge in [-0.05, 0) is 42.2 Å². The lowest BCUT2D eigenvalue weighted by molar-refractivity contribution is -0.141. The molecule has 1 N–H and O–H groups in total. The molecule has 0 unspecified atom stereocenters.